The van der Waals surface area contributed by atoms with Crippen LogP contribution < -0.4 is 9.47 Å². The maximum atomic E-state index is 6.09. The number of pyridine rings is 1. The van der Waals surface area contributed by atoms with Crippen LogP contribution in [0.3, 0.4) is 0 Å². The van der Waals surface area contributed by atoms with E-state index in [1.54, 1.807) is 13.3 Å². The summed E-state index contributed by atoms with van der Waals surface area (Å²) in [6.07, 6.45) is 3.60. The molecule has 0 N–H and O–H groups in total. The summed E-state index contributed by atoms with van der Waals surface area (Å²) in [7, 11) is 1.62. The van der Waals surface area contributed by atoms with Crippen molar-refractivity contribution in [2.24, 2.45) is 0 Å². The number of methoxy groups -OCH3 is 1. The van der Waals surface area contributed by atoms with Gasteiger partial charge in [0.05, 0.1) is 18.3 Å². The zero-order valence-electron chi connectivity index (χ0n) is 17.5. The van der Waals surface area contributed by atoms with Gasteiger partial charge in [0.15, 0.2) is 16.9 Å². The van der Waals surface area contributed by atoms with Crippen LogP contribution in [-0.4, -0.2) is 31.7 Å². The monoisotopic (exact) mass is 411 g/mol. The lowest BCUT2D eigenvalue weighted by molar-refractivity contribution is 0.304. The molecule has 0 spiro atoms. The molecule has 31 heavy (non-hydrogen) atoms. The lowest BCUT2D eigenvalue weighted by atomic mass is 10.1. The summed E-state index contributed by atoms with van der Waals surface area (Å²) in [5, 5.41) is 8.85. The first-order chi connectivity index (χ1) is 15.2. The largest absolute Gasteiger partial charge is 0.494 e. The standard InChI is InChI=1S/C24H21N5O2/c1-15-9-10-25-13-19(15)24-26-16(2)23-28-27-22-20(29(23)24)11-18(12-21(22)30-3)31-14-17-7-5-4-6-8-17/h4-13H,14H2,1-3H3. The Morgan fingerprint density at radius 1 is 1.00 bits per heavy atom. The fourth-order valence-corrected chi connectivity index (χ4v) is 3.66. The summed E-state index contributed by atoms with van der Waals surface area (Å²) in [6.45, 7) is 4.42. The van der Waals surface area contributed by atoms with Crippen LogP contribution >= 0.6 is 0 Å². The van der Waals surface area contributed by atoms with Crippen LogP contribution in [0.5, 0.6) is 11.5 Å². The second-order valence-corrected chi connectivity index (χ2v) is 7.34. The van der Waals surface area contributed by atoms with Gasteiger partial charge >= 0.3 is 0 Å². The Hall–Kier alpha value is -4.00. The normalized spacial score (nSPS) is 11.2. The fraction of sp³-hybridized carbons (Fsp3) is 0.167. The number of aromatic nitrogens is 5. The summed E-state index contributed by atoms with van der Waals surface area (Å²) in [5.41, 5.74) is 6.04. The van der Waals surface area contributed by atoms with Crippen molar-refractivity contribution in [1.82, 2.24) is 24.6 Å². The number of hydrogen-bond acceptors (Lipinski definition) is 6. The third-order valence-corrected chi connectivity index (χ3v) is 5.28. The second kappa shape index (κ2) is 7.68. The molecule has 0 unspecified atom stereocenters. The summed E-state index contributed by atoms with van der Waals surface area (Å²) in [4.78, 5) is 9.08. The minimum atomic E-state index is 0.453. The van der Waals surface area contributed by atoms with Gasteiger partial charge in [-0.1, -0.05) is 30.3 Å². The zero-order valence-corrected chi connectivity index (χ0v) is 17.5. The smallest absolute Gasteiger partial charge is 0.183 e. The molecule has 0 aliphatic heterocycles. The van der Waals surface area contributed by atoms with E-state index >= 15 is 0 Å². The molecule has 2 aromatic carbocycles. The molecular formula is C24H21N5O2. The van der Waals surface area contributed by atoms with Crippen LogP contribution in [0, 0.1) is 13.8 Å². The van der Waals surface area contributed by atoms with Gasteiger partial charge < -0.3 is 9.47 Å². The van der Waals surface area contributed by atoms with E-state index in [1.807, 2.05) is 73.0 Å². The van der Waals surface area contributed by atoms with Gasteiger partial charge in [-0.2, -0.15) is 0 Å². The molecule has 3 heterocycles. The molecule has 0 aliphatic carbocycles. The van der Waals surface area contributed by atoms with Crippen LogP contribution in [0.2, 0.25) is 0 Å². The molecule has 7 heteroatoms. The van der Waals surface area contributed by atoms with E-state index in [2.05, 4.69) is 15.2 Å². The fourth-order valence-electron chi connectivity index (χ4n) is 3.66. The van der Waals surface area contributed by atoms with Crippen molar-refractivity contribution in [2.45, 2.75) is 20.5 Å². The van der Waals surface area contributed by atoms with Crippen molar-refractivity contribution in [3.63, 3.8) is 0 Å². The number of benzene rings is 2. The highest BCUT2D eigenvalue weighted by Crippen LogP contribution is 2.33. The molecular weight excluding hydrogens is 390 g/mol. The van der Waals surface area contributed by atoms with Gasteiger partial charge in [0.1, 0.15) is 18.2 Å². The Kier molecular flexibility index (Phi) is 4.71. The van der Waals surface area contributed by atoms with Gasteiger partial charge in [0, 0.05) is 30.1 Å². The Labute approximate surface area is 179 Å². The van der Waals surface area contributed by atoms with E-state index in [4.69, 9.17) is 14.5 Å². The highest BCUT2D eigenvalue weighted by molar-refractivity contribution is 5.87. The third kappa shape index (κ3) is 3.34. The summed E-state index contributed by atoms with van der Waals surface area (Å²) >= 11 is 0. The maximum Gasteiger partial charge on any atom is 0.183 e. The molecule has 0 radical (unpaired) electrons. The summed E-state index contributed by atoms with van der Waals surface area (Å²) in [6, 6.07) is 15.8. The number of aryl methyl sites for hydroxylation is 2. The molecule has 7 nitrogen and oxygen atoms in total. The maximum absolute atomic E-state index is 6.09. The topological polar surface area (TPSA) is 74.4 Å². The van der Waals surface area contributed by atoms with Crippen molar-refractivity contribution >= 4 is 16.7 Å². The minimum Gasteiger partial charge on any atom is -0.494 e. The molecule has 0 saturated carbocycles. The Balaban J connectivity index is 1.72. The van der Waals surface area contributed by atoms with Gasteiger partial charge in [-0.05, 0) is 31.0 Å². The lowest BCUT2D eigenvalue weighted by Crippen LogP contribution is -2.02. The molecule has 0 fully saturated rings. The van der Waals surface area contributed by atoms with Crippen molar-refractivity contribution in [2.75, 3.05) is 7.11 Å². The molecule has 5 aromatic rings. The molecule has 0 atom stereocenters. The lowest BCUT2D eigenvalue weighted by Gasteiger charge is -2.12. The van der Waals surface area contributed by atoms with Crippen molar-refractivity contribution in [3.8, 4) is 22.9 Å². The minimum absolute atomic E-state index is 0.453. The first-order valence-corrected chi connectivity index (χ1v) is 9.97. The number of nitrogens with zero attached hydrogens (tertiary/aromatic N) is 5. The van der Waals surface area contributed by atoms with Crippen molar-refractivity contribution in [1.29, 1.82) is 0 Å². The van der Waals surface area contributed by atoms with Gasteiger partial charge in [0.25, 0.3) is 0 Å². The molecule has 0 saturated heterocycles. The highest BCUT2D eigenvalue weighted by Gasteiger charge is 2.19. The summed E-state index contributed by atoms with van der Waals surface area (Å²) < 4.78 is 13.7. The van der Waals surface area contributed by atoms with Crippen molar-refractivity contribution in [3.05, 3.63) is 77.7 Å². The van der Waals surface area contributed by atoms with E-state index in [-0.39, 0.29) is 0 Å². The zero-order chi connectivity index (χ0) is 21.4. The van der Waals surface area contributed by atoms with Crippen LogP contribution in [0.15, 0.2) is 60.9 Å². The summed E-state index contributed by atoms with van der Waals surface area (Å²) in [5.74, 6) is 2.04. The SMILES string of the molecule is COc1cc(OCc2ccccc2)cc2c1nnc1c(C)nc(-c3cnccc3C)n12. The van der Waals surface area contributed by atoms with E-state index in [0.29, 0.717) is 29.3 Å². The molecule has 0 aliphatic rings. The van der Waals surface area contributed by atoms with Gasteiger partial charge in [-0.25, -0.2) is 4.98 Å². The van der Waals surface area contributed by atoms with E-state index in [0.717, 1.165) is 33.7 Å². The second-order valence-electron chi connectivity index (χ2n) is 7.34. The molecule has 0 amide bonds. The number of ether oxygens (including phenoxy) is 2. The number of imidazole rings is 1. The highest BCUT2D eigenvalue weighted by atomic mass is 16.5. The first-order valence-electron chi connectivity index (χ1n) is 9.97. The molecule has 5 rings (SSSR count). The average Bonchev–Trinajstić information content (AvgIpc) is 3.14. The number of rotatable bonds is 5. The van der Waals surface area contributed by atoms with E-state index in [9.17, 15) is 0 Å². The van der Waals surface area contributed by atoms with E-state index in [1.165, 1.54) is 0 Å². The van der Waals surface area contributed by atoms with Crippen LogP contribution in [0.1, 0.15) is 16.8 Å². The molecule has 154 valence electrons. The Morgan fingerprint density at radius 2 is 1.84 bits per heavy atom. The van der Waals surface area contributed by atoms with Crippen LogP contribution in [0.25, 0.3) is 28.1 Å². The third-order valence-electron chi connectivity index (χ3n) is 5.28. The van der Waals surface area contributed by atoms with Gasteiger partial charge in [-0.3, -0.25) is 9.38 Å². The predicted molar refractivity (Wildman–Crippen MR) is 118 cm³/mol. The van der Waals surface area contributed by atoms with Crippen LogP contribution in [-0.2, 0) is 6.61 Å². The Bertz CT molecular complexity index is 1400. The number of fused-ring (bicyclic) bond motifs is 3. The average molecular weight is 411 g/mol. The van der Waals surface area contributed by atoms with Crippen molar-refractivity contribution < 1.29 is 9.47 Å². The first kappa shape index (κ1) is 19.0. The quantitative estimate of drug-likeness (QED) is 0.423. The van der Waals surface area contributed by atoms with Gasteiger partial charge in [0.2, 0.25) is 0 Å². The van der Waals surface area contributed by atoms with Gasteiger partial charge in [-0.15, -0.1) is 10.2 Å². The van der Waals surface area contributed by atoms with E-state index < -0.39 is 0 Å². The molecule has 0 bridgehead atoms. The number of hydrogen-bond donors (Lipinski definition) is 0. The van der Waals surface area contributed by atoms with Crippen LogP contribution in [0.4, 0.5) is 0 Å². The molecule has 3 aromatic heterocycles. The Morgan fingerprint density at radius 3 is 2.61 bits per heavy atom. The predicted octanol–water partition coefficient (Wildman–Crippen LogP) is 4.54.